The van der Waals surface area contributed by atoms with E-state index in [4.69, 9.17) is 16.3 Å². The van der Waals surface area contributed by atoms with Crippen molar-refractivity contribution in [2.75, 3.05) is 18.1 Å². The van der Waals surface area contributed by atoms with E-state index in [0.29, 0.717) is 30.0 Å². The molecule has 0 unspecified atom stereocenters. The number of cyclic esters (lactones) is 1. The summed E-state index contributed by atoms with van der Waals surface area (Å²) >= 11 is 5.77. The van der Waals surface area contributed by atoms with E-state index in [9.17, 15) is 19.7 Å². The minimum Gasteiger partial charge on any atom is -0.447 e. The van der Waals surface area contributed by atoms with Gasteiger partial charge in [0.2, 0.25) is 0 Å². The molecule has 0 saturated carbocycles. The van der Waals surface area contributed by atoms with Crippen LogP contribution < -0.4 is 4.90 Å². The molecule has 0 atom stereocenters. The van der Waals surface area contributed by atoms with Crippen LogP contribution in [0.2, 0.25) is 5.02 Å². The molecule has 3 rings (SSSR count). The van der Waals surface area contributed by atoms with E-state index in [1.807, 2.05) is 0 Å². The van der Waals surface area contributed by atoms with Crippen LogP contribution in [-0.2, 0) is 4.74 Å². The van der Waals surface area contributed by atoms with Gasteiger partial charge in [-0.25, -0.2) is 4.79 Å². The van der Waals surface area contributed by atoms with Crippen LogP contribution in [0.5, 0.6) is 0 Å². The number of anilines is 1. The maximum atomic E-state index is 12.4. The highest BCUT2D eigenvalue weighted by Gasteiger charge is 2.23. The van der Waals surface area contributed by atoms with Crippen LogP contribution in [0.4, 0.5) is 16.2 Å². The molecule has 1 amide bonds. The van der Waals surface area contributed by atoms with Crippen molar-refractivity contribution in [1.82, 2.24) is 0 Å². The number of nitrogens with zero attached hydrogens (tertiary/aromatic N) is 2. The third-order valence-corrected chi connectivity index (χ3v) is 4.12. The number of nitro benzene ring substituents is 1. The first kappa shape index (κ1) is 17.6. The number of benzene rings is 2. The second kappa shape index (κ2) is 7.37. The third kappa shape index (κ3) is 3.73. The predicted octanol–water partition coefficient (Wildman–Crippen LogP) is 4.10. The summed E-state index contributed by atoms with van der Waals surface area (Å²) in [6.45, 7) is 0.743. The maximum Gasteiger partial charge on any atom is 0.414 e. The molecule has 2 aromatic rings. The lowest BCUT2D eigenvalue weighted by Gasteiger charge is -2.13. The molecule has 1 aliphatic rings. The second-order valence-corrected chi connectivity index (χ2v) is 5.89. The molecule has 1 saturated heterocycles. The molecule has 0 radical (unpaired) electrons. The Labute approximate surface area is 153 Å². The lowest BCUT2D eigenvalue weighted by Crippen LogP contribution is -2.23. The van der Waals surface area contributed by atoms with Gasteiger partial charge in [-0.05, 0) is 29.8 Å². The van der Waals surface area contributed by atoms with E-state index >= 15 is 0 Å². The number of nitro groups is 1. The first-order valence-electron chi connectivity index (χ1n) is 7.66. The highest BCUT2D eigenvalue weighted by molar-refractivity contribution is 6.32. The molecule has 0 bridgehead atoms. The molecular weight excluding hydrogens is 360 g/mol. The Morgan fingerprint density at radius 2 is 2.08 bits per heavy atom. The number of hydrogen-bond acceptors (Lipinski definition) is 5. The average Bonchev–Trinajstić information content (AvgIpc) is 3.06. The number of halogens is 1. The number of rotatable bonds is 5. The lowest BCUT2D eigenvalue weighted by atomic mass is 10.1. The first-order valence-corrected chi connectivity index (χ1v) is 8.04. The highest BCUT2D eigenvalue weighted by Crippen LogP contribution is 2.26. The van der Waals surface area contributed by atoms with Crippen molar-refractivity contribution < 1.29 is 19.2 Å². The molecule has 1 fully saturated rings. The fourth-order valence-electron chi connectivity index (χ4n) is 2.50. The van der Waals surface area contributed by atoms with Crippen LogP contribution in [0.25, 0.3) is 6.08 Å². The van der Waals surface area contributed by atoms with Gasteiger partial charge in [-0.15, -0.1) is 0 Å². The van der Waals surface area contributed by atoms with Crippen molar-refractivity contribution in [3.05, 3.63) is 74.8 Å². The van der Waals surface area contributed by atoms with Crippen molar-refractivity contribution in [3.63, 3.8) is 0 Å². The average molecular weight is 373 g/mol. The predicted molar refractivity (Wildman–Crippen MR) is 96.6 cm³/mol. The molecule has 2 aromatic carbocycles. The molecule has 26 heavy (non-hydrogen) atoms. The Kier molecular flexibility index (Phi) is 4.99. The SMILES string of the molecule is O=C(C=Cc1ccc(Cl)c([N+](=O)[O-])c1)c1cccc(N2CCOC2=O)c1. The zero-order valence-electron chi connectivity index (χ0n) is 13.4. The van der Waals surface area contributed by atoms with E-state index < -0.39 is 11.0 Å². The van der Waals surface area contributed by atoms with E-state index in [0.717, 1.165) is 0 Å². The number of carbonyl (C=O) groups excluding carboxylic acids is 2. The Morgan fingerprint density at radius 3 is 2.77 bits per heavy atom. The summed E-state index contributed by atoms with van der Waals surface area (Å²) in [5.41, 5.74) is 1.22. The van der Waals surface area contributed by atoms with Crippen LogP contribution in [0.15, 0.2) is 48.5 Å². The van der Waals surface area contributed by atoms with Crippen LogP contribution in [0.1, 0.15) is 15.9 Å². The molecular formula is C18H13ClN2O5. The van der Waals surface area contributed by atoms with Gasteiger partial charge >= 0.3 is 6.09 Å². The van der Waals surface area contributed by atoms with Gasteiger partial charge in [0.1, 0.15) is 11.6 Å². The van der Waals surface area contributed by atoms with Crippen molar-refractivity contribution in [1.29, 1.82) is 0 Å². The molecule has 1 aliphatic heterocycles. The number of ketones is 1. The van der Waals surface area contributed by atoms with E-state index in [1.54, 1.807) is 30.3 Å². The number of amides is 1. The standard InChI is InChI=1S/C18H13ClN2O5/c19-15-6-4-12(10-16(15)21(24)25)5-7-17(22)13-2-1-3-14(11-13)20-8-9-26-18(20)23/h1-7,10-11H,8-9H2. The van der Waals surface area contributed by atoms with Crippen molar-refractivity contribution in [2.45, 2.75) is 0 Å². The van der Waals surface area contributed by atoms with Gasteiger partial charge in [0.05, 0.1) is 11.5 Å². The molecule has 0 N–H and O–H groups in total. The van der Waals surface area contributed by atoms with Gasteiger partial charge in [-0.1, -0.05) is 35.9 Å². The normalized spacial score (nSPS) is 13.9. The van der Waals surface area contributed by atoms with Crippen molar-refractivity contribution in [3.8, 4) is 0 Å². The van der Waals surface area contributed by atoms with Crippen molar-refractivity contribution in [2.24, 2.45) is 0 Å². The van der Waals surface area contributed by atoms with Crippen LogP contribution in [0, 0.1) is 10.1 Å². The molecule has 0 aliphatic carbocycles. The number of ether oxygens (including phenoxy) is 1. The third-order valence-electron chi connectivity index (χ3n) is 3.80. The monoisotopic (exact) mass is 372 g/mol. The lowest BCUT2D eigenvalue weighted by molar-refractivity contribution is -0.384. The zero-order valence-corrected chi connectivity index (χ0v) is 14.2. The Bertz CT molecular complexity index is 926. The first-order chi connectivity index (χ1) is 12.5. The summed E-state index contributed by atoms with van der Waals surface area (Å²) in [6.07, 6.45) is 2.34. The summed E-state index contributed by atoms with van der Waals surface area (Å²) in [4.78, 5) is 35.8. The summed E-state index contributed by atoms with van der Waals surface area (Å²) in [6, 6.07) is 10.9. The second-order valence-electron chi connectivity index (χ2n) is 5.48. The topological polar surface area (TPSA) is 89.8 Å². The van der Waals surface area contributed by atoms with Crippen LogP contribution in [-0.4, -0.2) is 30.0 Å². The molecule has 1 heterocycles. The number of allylic oxidation sites excluding steroid dienone is 1. The molecule has 0 aromatic heterocycles. The zero-order chi connectivity index (χ0) is 18.7. The van der Waals surface area contributed by atoms with Gasteiger partial charge in [0.25, 0.3) is 5.69 Å². The number of hydrogen-bond donors (Lipinski definition) is 0. The van der Waals surface area contributed by atoms with Gasteiger partial charge in [0.15, 0.2) is 5.78 Å². The van der Waals surface area contributed by atoms with Crippen LogP contribution in [0.3, 0.4) is 0 Å². The van der Waals surface area contributed by atoms with Crippen LogP contribution >= 0.6 is 11.6 Å². The summed E-state index contributed by atoms with van der Waals surface area (Å²) in [7, 11) is 0. The van der Waals surface area contributed by atoms with Gasteiger partial charge in [-0.2, -0.15) is 0 Å². The molecule has 132 valence electrons. The maximum absolute atomic E-state index is 12.4. The van der Waals surface area contributed by atoms with Gasteiger partial charge in [0, 0.05) is 17.3 Å². The number of carbonyl (C=O) groups is 2. The highest BCUT2D eigenvalue weighted by atomic mass is 35.5. The van der Waals surface area contributed by atoms with Gasteiger partial charge < -0.3 is 4.74 Å². The Morgan fingerprint density at radius 1 is 1.27 bits per heavy atom. The summed E-state index contributed by atoms with van der Waals surface area (Å²) in [5, 5.41) is 10.9. The van der Waals surface area contributed by atoms with Crippen molar-refractivity contribution >= 4 is 40.9 Å². The largest absolute Gasteiger partial charge is 0.447 e. The summed E-state index contributed by atoms with van der Waals surface area (Å²) in [5.74, 6) is -0.294. The van der Waals surface area contributed by atoms with Gasteiger partial charge in [-0.3, -0.25) is 19.8 Å². The van der Waals surface area contributed by atoms with E-state index in [1.165, 1.54) is 29.2 Å². The minimum atomic E-state index is -0.583. The Hall–Kier alpha value is -3.19. The molecule has 8 heteroatoms. The summed E-state index contributed by atoms with van der Waals surface area (Å²) < 4.78 is 4.89. The Balaban J connectivity index is 1.80. The fraction of sp³-hybridized carbons (Fsp3) is 0.111. The van der Waals surface area contributed by atoms with E-state index in [2.05, 4.69) is 0 Å². The molecule has 0 spiro atoms. The van der Waals surface area contributed by atoms with E-state index in [-0.39, 0.29) is 16.5 Å². The minimum absolute atomic E-state index is 0.0312. The smallest absolute Gasteiger partial charge is 0.414 e. The fourth-order valence-corrected chi connectivity index (χ4v) is 2.68. The molecule has 7 nitrogen and oxygen atoms in total. The quantitative estimate of drug-likeness (QED) is 0.341.